The molecule has 1 aromatic carbocycles. The van der Waals surface area contributed by atoms with E-state index in [1.54, 1.807) is 7.11 Å². The SMILES string of the molecule is COC(=O)c1c(N)nsc1N(C)Cc1ccc(OC)cc1. The van der Waals surface area contributed by atoms with Crippen molar-refractivity contribution >= 4 is 28.3 Å². The minimum atomic E-state index is -0.474. The van der Waals surface area contributed by atoms with E-state index < -0.39 is 5.97 Å². The zero-order valence-electron chi connectivity index (χ0n) is 12.1. The number of carbonyl (C=O) groups excluding carboxylic acids is 1. The fourth-order valence-electron chi connectivity index (χ4n) is 1.92. The lowest BCUT2D eigenvalue weighted by molar-refractivity contribution is 0.0603. The molecule has 0 saturated heterocycles. The van der Waals surface area contributed by atoms with Crippen LogP contribution in [0.3, 0.4) is 0 Å². The number of methoxy groups -OCH3 is 2. The second-order valence-corrected chi connectivity index (χ2v) is 5.20. The van der Waals surface area contributed by atoms with E-state index in [0.29, 0.717) is 17.1 Å². The number of ether oxygens (including phenoxy) is 2. The van der Waals surface area contributed by atoms with Gasteiger partial charge in [-0.2, -0.15) is 4.37 Å². The fraction of sp³-hybridized carbons (Fsp3) is 0.286. The van der Waals surface area contributed by atoms with Gasteiger partial charge in [-0.1, -0.05) is 12.1 Å². The monoisotopic (exact) mass is 307 g/mol. The molecular formula is C14H17N3O3S. The lowest BCUT2D eigenvalue weighted by atomic mass is 10.2. The number of hydrogen-bond donors (Lipinski definition) is 1. The number of nitrogens with zero attached hydrogens (tertiary/aromatic N) is 2. The first-order valence-electron chi connectivity index (χ1n) is 6.24. The standard InChI is InChI=1S/C14H17N3O3S/c1-17(8-9-4-6-10(19-2)7-5-9)13-11(14(18)20-3)12(15)16-21-13/h4-7H,8H2,1-3H3,(H2,15,16). The maximum Gasteiger partial charge on any atom is 0.344 e. The summed E-state index contributed by atoms with van der Waals surface area (Å²) in [5, 5.41) is 0.690. The van der Waals surface area contributed by atoms with Crippen LogP contribution in [0.1, 0.15) is 15.9 Å². The predicted octanol–water partition coefficient (Wildman–Crippen LogP) is 2.16. The summed E-state index contributed by atoms with van der Waals surface area (Å²) in [5.41, 5.74) is 7.14. The molecule has 21 heavy (non-hydrogen) atoms. The number of carbonyl (C=O) groups is 1. The summed E-state index contributed by atoms with van der Waals surface area (Å²) < 4.78 is 13.9. The predicted molar refractivity (Wildman–Crippen MR) is 83.0 cm³/mol. The van der Waals surface area contributed by atoms with Crippen LogP contribution in [0.25, 0.3) is 0 Å². The molecule has 0 spiro atoms. The van der Waals surface area contributed by atoms with Gasteiger partial charge in [-0.3, -0.25) is 0 Å². The number of benzene rings is 1. The van der Waals surface area contributed by atoms with E-state index in [4.69, 9.17) is 15.2 Å². The molecule has 0 aliphatic carbocycles. The van der Waals surface area contributed by atoms with E-state index in [0.717, 1.165) is 11.3 Å². The highest BCUT2D eigenvalue weighted by atomic mass is 32.1. The summed E-state index contributed by atoms with van der Waals surface area (Å²) in [6, 6.07) is 7.73. The van der Waals surface area contributed by atoms with E-state index in [1.807, 2.05) is 36.2 Å². The maximum absolute atomic E-state index is 11.8. The summed E-state index contributed by atoms with van der Waals surface area (Å²) in [5.74, 6) is 0.528. The quantitative estimate of drug-likeness (QED) is 0.853. The molecule has 2 N–H and O–H groups in total. The van der Waals surface area contributed by atoms with E-state index in [9.17, 15) is 4.79 Å². The molecule has 0 amide bonds. The molecule has 0 aliphatic heterocycles. The highest BCUT2D eigenvalue weighted by molar-refractivity contribution is 7.11. The van der Waals surface area contributed by atoms with Gasteiger partial charge in [0.1, 0.15) is 16.3 Å². The van der Waals surface area contributed by atoms with Gasteiger partial charge in [0.05, 0.1) is 14.2 Å². The van der Waals surface area contributed by atoms with Crippen LogP contribution in [-0.2, 0) is 11.3 Å². The summed E-state index contributed by atoms with van der Waals surface area (Å²) in [6.07, 6.45) is 0. The highest BCUT2D eigenvalue weighted by Crippen LogP contribution is 2.31. The number of nitrogens with two attached hydrogens (primary N) is 1. The van der Waals surface area contributed by atoms with Crippen molar-refractivity contribution in [3.63, 3.8) is 0 Å². The van der Waals surface area contributed by atoms with Gasteiger partial charge in [-0.05, 0) is 29.2 Å². The average molecular weight is 307 g/mol. The first-order valence-corrected chi connectivity index (χ1v) is 7.01. The summed E-state index contributed by atoms with van der Waals surface area (Å²) in [7, 11) is 4.83. The van der Waals surface area contributed by atoms with Crippen LogP contribution in [0.4, 0.5) is 10.8 Å². The highest BCUT2D eigenvalue weighted by Gasteiger charge is 2.22. The molecular weight excluding hydrogens is 290 g/mol. The van der Waals surface area contributed by atoms with Crippen molar-refractivity contribution in [1.82, 2.24) is 4.37 Å². The molecule has 0 fully saturated rings. The number of esters is 1. The Balaban J connectivity index is 2.20. The second kappa shape index (κ2) is 6.45. The molecule has 0 aliphatic rings. The Morgan fingerprint density at radius 3 is 2.57 bits per heavy atom. The van der Waals surface area contributed by atoms with Crippen LogP contribution >= 0.6 is 11.5 Å². The van der Waals surface area contributed by atoms with Gasteiger partial charge in [0.25, 0.3) is 0 Å². The molecule has 2 aromatic rings. The van der Waals surface area contributed by atoms with E-state index in [-0.39, 0.29) is 5.82 Å². The number of aromatic nitrogens is 1. The Bertz CT molecular complexity index is 625. The topological polar surface area (TPSA) is 77.7 Å². The summed E-state index contributed by atoms with van der Waals surface area (Å²) in [4.78, 5) is 13.7. The summed E-state index contributed by atoms with van der Waals surface area (Å²) in [6.45, 7) is 0.621. The maximum atomic E-state index is 11.8. The zero-order valence-corrected chi connectivity index (χ0v) is 12.9. The molecule has 1 heterocycles. The van der Waals surface area contributed by atoms with Gasteiger partial charge in [-0.15, -0.1) is 0 Å². The lowest BCUT2D eigenvalue weighted by Gasteiger charge is -2.18. The fourth-order valence-corrected chi connectivity index (χ4v) is 2.68. The Kier molecular flexibility index (Phi) is 4.64. The molecule has 0 saturated carbocycles. The molecule has 2 rings (SSSR count). The van der Waals surface area contributed by atoms with Crippen molar-refractivity contribution in [2.45, 2.75) is 6.54 Å². The van der Waals surface area contributed by atoms with Crippen molar-refractivity contribution in [1.29, 1.82) is 0 Å². The smallest absolute Gasteiger partial charge is 0.344 e. The minimum absolute atomic E-state index is 0.198. The first-order chi connectivity index (χ1) is 10.1. The van der Waals surface area contributed by atoms with Crippen molar-refractivity contribution in [2.24, 2.45) is 0 Å². The molecule has 1 aromatic heterocycles. The molecule has 6 nitrogen and oxygen atoms in total. The summed E-state index contributed by atoms with van der Waals surface area (Å²) >= 11 is 1.18. The van der Waals surface area contributed by atoms with E-state index >= 15 is 0 Å². The number of anilines is 2. The van der Waals surface area contributed by atoms with E-state index in [2.05, 4.69) is 4.37 Å². The minimum Gasteiger partial charge on any atom is -0.497 e. The van der Waals surface area contributed by atoms with Crippen LogP contribution in [0.5, 0.6) is 5.75 Å². The molecule has 112 valence electrons. The third kappa shape index (κ3) is 3.25. The van der Waals surface area contributed by atoms with Crippen LogP contribution in [-0.4, -0.2) is 31.6 Å². The number of rotatable bonds is 5. The molecule has 0 bridgehead atoms. The lowest BCUT2D eigenvalue weighted by Crippen LogP contribution is -2.18. The second-order valence-electron chi connectivity index (χ2n) is 4.44. The normalized spacial score (nSPS) is 10.2. The van der Waals surface area contributed by atoms with Gasteiger partial charge in [0.2, 0.25) is 0 Å². The van der Waals surface area contributed by atoms with Gasteiger partial charge in [0, 0.05) is 13.6 Å². The third-order valence-electron chi connectivity index (χ3n) is 3.02. The molecule has 0 unspecified atom stereocenters. The van der Waals surface area contributed by atoms with Gasteiger partial charge >= 0.3 is 5.97 Å². The third-order valence-corrected chi connectivity index (χ3v) is 3.99. The van der Waals surface area contributed by atoms with Crippen molar-refractivity contribution in [3.8, 4) is 5.75 Å². The van der Waals surface area contributed by atoms with Crippen LogP contribution in [0.2, 0.25) is 0 Å². The van der Waals surface area contributed by atoms with Gasteiger partial charge < -0.3 is 20.1 Å². The first kappa shape index (κ1) is 15.1. The molecule has 0 radical (unpaired) electrons. The van der Waals surface area contributed by atoms with Crippen molar-refractivity contribution in [2.75, 3.05) is 31.9 Å². The van der Waals surface area contributed by atoms with Crippen LogP contribution in [0.15, 0.2) is 24.3 Å². The Labute approximate surface area is 127 Å². The van der Waals surface area contributed by atoms with Gasteiger partial charge in [0.15, 0.2) is 5.82 Å². The van der Waals surface area contributed by atoms with Crippen LogP contribution in [0, 0.1) is 0 Å². The Morgan fingerprint density at radius 2 is 2.00 bits per heavy atom. The number of nitrogen functional groups attached to an aromatic ring is 1. The van der Waals surface area contributed by atoms with Crippen LogP contribution < -0.4 is 15.4 Å². The van der Waals surface area contributed by atoms with Crippen molar-refractivity contribution in [3.05, 3.63) is 35.4 Å². The van der Waals surface area contributed by atoms with Crippen molar-refractivity contribution < 1.29 is 14.3 Å². The Hall–Kier alpha value is -2.28. The number of hydrogen-bond acceptors (Lipinski definition) is 7. The Morgan fingerprint density at radius 1 is 1.33 bits per heavy atom. The molecule has 0 atom stereocenters. The zero-order chi connectivity index (χ0) is 15.4. The van der Waals surface area contributed by atoms with E-state index in [1.165, 1.54) is 18.6 Å². The molecule has 7 heteroatoms. The largest absolute Gasteiger partial charge is 0.497 e. The average Bonchev–Trinajstić information content (AvgIpc) is 2.89. The van der Waals surface area contributed by atoms with Gasteiger partial charge in [-0.25, -0.2) is 4.79 Å².